The van der Waals surface area contributed by atoms with Crippen LogP contribution in [0.25, 0.3) is 115 Å². The Morgan fingerprint density at radius 3 is 1.65 bits per heavy atom. The zero-order chi connectivity index (χ0) is 37.5. The number of hydrogen-bond donors (Lipinski definition) is 0. The molecule has 0 aliphatic rings. The van der Waals surface area contributed by atoms with E-state index in [4.69, 9.17) is 19.4 Å². The summed E-state index contributed by atoms with van der Waals surface area (Å²) in [5, 5.41) is 7.19. The standard InChI is InChI=1S/C51H30N4OS/c1-3-13-31(14-4-1)49-52-50(32-15-5-2-6-16-32)54-51(53-49)33-25-27-39-44(29-33)56-43-23-11-19-37(47(39)43)38-20-12-24-45-48(38)40-28-26-34(30-46(40)57-45)55-41-21-9-7-17-35(41)36-18-8-10-22-42(36)55/h1-30H. The van der Waals surface area contributed by atoms with E-state index in [1.807, 2.05) is 72.0 Å². The summed E-state index contributed by atoms with van der Waals surface area (Å²) in [6, 6.07) is 63.8. The van der Waals surface area contributed by atoms with Gasteiger partial charge in [0.15, 0.2) is 17.5 Å². The molecule has 12 rings (SSSR count). The number of thiophene rings is 1. The van der Waals surface area contributed by atoms with Gasteiger partial charge in [-0.3, -0.25) is 0 Å². The summed E-state index contributed by atoms with van der Waals surface area (Å²) in [5.74, 6) is 1.86. The van der Waals surface area contributed by atoms with Crippen molar-refractivity contribution < 1.29 is 4.42 Å². The lowest BCUT2D eigenvalue weighted by molar-refractivity contribution is 0.669. The molecule has 0 unspecified atom stereocenters. The number of nitrogens with zero attached hydrogens (tertiary/aromatic N) is 4. The molecule has 0 aliphatic carbocycles. The van der Waals surface area contributed by atoms with Crippen LogP contribution in [0, 0.1) is 0 Å². The van der Waals surface area contributed by atoms with Crippen LogP contribution < -0.4 is 0 Å². The maximum absolute atomic E-state index is 6.64. The van der Waals surface area contributed by atoms with Gasteiger partial charge in [0.25, 0.3) is 0 Å². The van der Waals surface area contributed by atoms with E-state index in [-0.39, 0.29) is 0 Å². The van der Waals surface area contributed by atoms with Gasteiger partial charge in [0.1, 0.15) is 11.2 Å². The minimum atomic E-state index is 0.597. The Hall–Kier alpha value is -7.41. The molecule has 0 amide bonds. The minimum absolute atomic E-state index is 0.597. The van der Waals surface area contributed by atoms with Gasteiger partial charge in [-0.15, -0.1) is 11.3 Å². The first kappa shape index (κ1) is 31.9. The summed E-state index contributed by atoms with van der Waals surface area (Å²) in [6.45, 7) is 0. The van der Waals surface area contributed by atoms with Crippen molar-refractivity contribution in [3.8, 4) is 51.0 Å². The normalized spacial score (nSPS) is 11.9. The van der Waals surface area contributed by atoms with Gasteiger partial charge in [0.2, 0.25) is 0 Å². The summed E-state index contributed by atoms with van der Waals surface area (Å²) in [6.07, 6.45) is 0. The Morgan fingerprint density at radius 2 is 0.965 bits per heavy atom. The first-order valence-electron chi connectivity index (χ1n) is 19.0. The van der Waals surface area contributed by atoms with Crippen molar-refractivity contribution in [2.45, 2.75) is 0 Å². The van der Waals surface area contributed by atoms with Crippen molar-refractivity contribution in [2.24, 2.45) is 0 Å². The number of benzene rings is 8. The smallest absolute Gasteiger partial charge is 0.164 e. The van der Waals surface area contributed by atoms with Gasteiger partial charge in [-0.25, -0.2) is 15.0 Å². The summed E-state index contributed by atoms with van der Waals surface area (Å²) in [7, 11) is 0. The van der Waals surface area contributed by atoms with Crippen LogP contribution in [-0.2, 0) is 0 Å². The lowest BCUT2D eigenvalue weighted by atomic mass is 9.95. The summed E-state index contributed by atoms with van der Waals surface area (Å²) in [4.78, 5) is 14.8. The third-order valence-corrected chi connectivity index (χ3v) is 12.2. The molecule has 0 saturated carbocycles. The van der Waals surface area contributed by atoms with E-state index < -0.39 is 0 Å². The zero-order valence-corrected chi connectivity index (χ0v) is 31.2. The van der Waals surface area contributed by atoms with Crippen LogP contribution in [0.2, 0.25) is 0 Å². The van der Waals surface area contributed by atoms with Gasteiger partial charge >= 0.3 is 0 Å². The molecular formula is C51H30N4OS. The molecule has 0 radical (unpaired) electrons. The molecule has 4 heterocycles. The Bertz CT molecular complexity index is 3420. The van der Waals surface area contributed by atoms with Crippen molar-refractivity contribution in [1.82, 2.24) is 19.5 Å². The monoisotopic (exact) mass is 746 g/mol. The maximum atomic E-state index is 6.64. The van der Waals surface area contributed by atoms with Crippen molar-refractivity contribution in [1.29, 1.82) is 0 Å². The predicted octanol–water partition coefficient (Wildman–Crippen LogP) is 13.9. The SMILES string of the molecule is c1ccc(-c2nc(-c3ccccc3)nc(-c3ccc4c(c3)oc3cccc(-c5cccc6sc7cc(-n8c9ccccc9c9ccccc98)ccc7c56)c34)n2)cc1. The van der Waals surface area contributed by atoms with Crippen LogP contribution in [0.5, 0.6) is 0 Å². The van der Waals surface area contributed by atoms with E-state index in [1.54, 1.807) is 0 Å². The largest absolute Gasteiger partial charge is 0.456 e. The van der Waals surface area contributed by atoms with Gasteiger partial charge in [-0.2, -0.15) is 0 Å². The molecule has 0 aliphatic heterocycles. The second kappa shape index (κ2) is 12.6. The molecule has 8 aromatic carbocycles. The average molecular weight is 747 g/mol. The van der Waals surface area contributed by atoms with Gasteiger partial charge in [-0.1, -0.05) is 133 Å². The minimum Gasteiger partial charge on any atom is -0.456 e. The van der Waals surface area contributed by atoms with Crippen molar-refractivity contribution in [3.05, 3.63) is 182 Å². The van der Waals surface area contributed by atoms with Crippen molar-refractivity contribution >= 4 is 75.3 Å². The van der Waals surface area contributed by atoms with E-state index in [0.29, 0.717) is 17.5 Å². The topological polar surface area (TPSA) is 56.7 Å². The highest BCUT2D eigenvalue weighted by molar-refractivity contribution is 7.26. The number of rotatable bonds is 5. The second-order valence-electron chi connectivity index (χ2n) is 14.4. The third-order valence-electron chi connectivity index (χ3n) is 11.1. The highest BCUT2D eigenvalue weighted by atomic mass is 32.1. The molecule has 0 N–H and O–H groups in total. The third kappa shape index (κ3) is 5.04. The second-order valence-corrected chi connectivity index (χ2v) is 15.4. The lowest BCUT2D eigenvalue weighted by Crippen LogP contribution is -2.00. The first-order valence-corrected chi connectivity index (χ1v) is 19.8. The maximum Gasteiger partial charge on any atom is 0.164 e. The molecule has 4 aromatic heterocycles. The molecule has 0 atom stereocenters. The highest BCUT2D eigenvalue weighted by Crippen LogP contribution is 2.45. The molecule has 266 valence electrons. The van der Waals surface area contributed by atoms with E-state index in [1.165, 1.54) is 47.5 Å². The molecule has 0 fully saturated rings. The molecular weight excluding hydrogens is 717 g/mol. The lowest BCUT2D eigenvalue weighted by Gasteiger charge is -2.09. The van der Waals surface area contributed by atoms with Gasteiger partial charge in [-0.05, 0) is 59.7 Å². The van der Waals surface area contributed by atoms with Crippen LogP contribution in [0.4, 0.5) is 0 Å². The number of hydrogen-bond acceptors (Lipinski definition) is 5. The molecule has 0 spiro atoms. The van der Waals surface area contributed by atoms with E-state index in [9.17, 15) is 0 Å². The summed E-state index contributed by atoms with van der Waals surface area (Å²) >= 11 is 1.85. The number of para-hydroxylation sites is 2. The van der Waals surface area contributed by atoms with Crippen LogP contribution in [0.1, 0.15) is 0 Å². The van der Waals surface area contributed by atoms with Gasteiger partial charge in [0.05, 0.1) is 11.0 Å². The molecule has 0 saturated heterocycles. The predicted molar refractivity (Wildman–Crippen MR) is 236 cm³/mol. The quantitative estimate of drug-likeness (QED) is 0.176. The molecule has 12 aromatic rings. The fourth-order valence-corrected chi connectivity index (χ4v) is 9.67. The number of aromatic nitrogens is 4. The van der Waals surface area contributed by atoms with Crippen LogP contribution in [0.15, 0.2) is 186 Å². The van der Waals surface area contributed by atoms with Crippen molar-refractivity contribution in [3.63, 3.8) is 0 Å². The first-order chi connectivity index (χ1) is 28.2. The molecule has 57 heavy (non-hydrogen) atoms. The fraction of sp³-hybridized carbons (Fsp3) is 0. The van der Waals surface area contributed by atoms with E-state index in [2.05, 4.69) is 126 Å². The van der Waals surface area contributed by atoms with Gasteiger partial charge in [0, 0.05) is 64.1 Å². The van der Waals surface area contributed by atoms with Crippen LogP contribution >= 0.6 is 11.3 Å². The van der Waals surface area contributed by atoms with Crippen LogP contribution in [0.3, 0.4) is 0 Å². The summed E-state index contributed by atoms with van der Waals surface area (Å²) < 4.78 is 11.6. The Kier molecular flexibility index (Phi) is 7.03. The van der Waals surface area contributed by atoms with Crippen LogP contribution in [-0.4, -0.2) is 19.5 Å². The number of furan rings is 1. The fourth-order valence-electron chi connectivity index (χ4n) is 8.51. The zero-order valence-electron chi connectivity index (χ0n) is 30.4. The van der Waals surface area contributed by atoms with Gasteiger partial charge < -0.3 is 8.98 Å². The Morgan fingerprint density at radius 1 is 0.386 bits per heavy atom. The molecule has 5 nitrogen and oxygen atoms in total. The Balaban J connectivity index is 1.00. The van der Waals surface area contributed by atoms with Crippen molar-refractivity contribution in [2.75, 3.05) is 0 Å². The Labute approximate surface area is 330 Å². The average Bonchev–Trinajstić information content (AvgIpc) is 3.96. The molecule has 6 heteroatoms. The molecule has 0 bridgehead atoms. The number of fused-ring (bicyclic) bond motifs is 9. The van der Waals surface area contributed by atoms with E-state index >= 15 is 0 Å². The summed E-state index contributed by atoms with van der Waals surface area (Å²) in [5.41, 5.74) is 10.3. The van der Waals surface area contributed by atoms with E-state index in [0.717, 1.165) is 49.9 Å². The highest BCUT2D eigenvalue weighted by Gasteiger charge is 2.20.